The van der Waals surface area contributed by atoms with Crippen LogP contribution in [0.1, 0.15) is 12.8 Å². The summed E-state index contributed by atoms with van der Waals surface area (Å²) >= 11 is 0. The van der Waals surface area contributed by atoms with Crippen molar-refractivity contribution in [2.75, 3.05) is 13.2 Å². The third-order valence-electron chi connectivity index (χ3n) is 3.54. The van der Waals surface area contributed by atoms with Crippen LogP contribution in [0.2, 0.25) is 0 Å². The number of benzene rings is 2. The molecule has 0 aromatic heterocycles. The molecule has 2 rings (SSSR count). The molecule has 0 saturated carbocycles. The van der Waals surface area contributed by atoms with Crippen LogP contribution < -0.4 is 4.72 Å². The van der Waals surface area contributed by atoms with Crippen molar-refractivity contribution in [1.29, 1.82) is 0 Å². The first kappa shape index (κ1) is 20.3. The lowest BCUT2D eigenvalue weighted by molar-refractivity contribution is 0.285. The van der Waals surface area contributed by atoms with Crippen LogP contribution in [-0.4, -0.2) is 26.7 Å². The summed E-state index contributed by atoms with van der Waals surface area (Å²) in [5.74, 6) is -10.4. The van der Waals surface area contributed by atoms with Gasteiger partial charge in [0, 0.05) is 13.2 Å². The van der Waals surface area contributed by atoms with Crippen molar-refractivity contribution >= 4 is 10.0 Å². The van der Waals surface area contributed by atoms with E-state index in [0.717, 1.165) is 24.3 Å². The fraction of sp³-hybridized carbons (Fsp3) is 0.250. The first-order valence-corrected chi connectivity index (χ1v) is 8.91. The summed E-state index contributed by atoms with van der Waals surface area (Å²) in [5.41, 5.74) is -1.50. The highest BCUT2D eigenvalue weighted by Gasteiger charge is 2.26. The molecule has 0 heterocycles. The minimum absolute atomic E-state index is 0.0717. The predicted octanol–water partition coefficient (Wildman–Crippen LogP) is 3.10. The predicted molar refractivity (Wildman–Crippen MR) is 83.2 cm³/mol. The Labute approximate surface area is 146 Å². The van der Waals surface area contributed by atoms with E-state index in [-0.39, 0.29) is 23.6 Å². The monoisotopic (exact) mass is 395 g/mol. The summed E-state index contributed by atoms with van der Waals surface area (Å²) in [4.78, 5) is -0.242. The Morgan fingerprint density at radius 1 is 0.808 bits per heavy atom. The number of hydrogen-bond donors (Lipinski definition) is 2. The van der Waals surface area contributed by atoms with Crippen LogP contribution in [0.5, 0.6) is 0 Å². The molecule has 2 N–H and O–H groups in total. The van der Waals surface area contributed by atoms with Gasteiger partial charge >= 0.3 is 0 Å². The number of hydrogen-bond acceptors (Lipinski definition) is 3. The highest BCUT2D eigenvalue weighted by molar-refractivity contribution is 7.89. The smallest absolute Gasteiger partial charge is 0.240 e. The van der Waals surface area contributed by atoms with Crippen molar-refractivity contribution in [3.05, 3.63) is 53.4 Å². The molecule has 0 bridgehead atoms. The number of unbranched alkanes of at least 4 members (excludes halogenated alkanes) is 1. The Hall–Kier alpha value is -2.04. The Morgan fingerprint density at radius 2 is 1.31 bits per heavy atom. The number of rotatable bonds is 7. The van der Waals surface area contributed by atoms with Crippen LogP contribution in [0.15, 0.2) is 29.2 Å². The van der Waals surface area contributed by atoms with E-state index < -0.39 is 44.7 Å². The van der Waals surface area contributed by atoms with E-state index >= 15 is 0 Å². The molecule has 0 spiro atoms. The lowest BCUT2D eigenvalue weighted by atomic mass is 10.0. The van der Waals surface area contributed by atoms with Gasteiger partial charge in [-0.1, -0.05) is 12.1 Å². The molecule has 4 nitrogen and oxygen atoms in total. The van der Waals surface area contributed by atoms with Gasteiger partial charge in [0.1, 0.15) is 0 Å². The third kappa shape index (κ3) is 4.02. The zero-order valence-corrected chi connectivity index (χ0v) is 14.0. The van der Waals surface area contributed by atoms with Crippen molar-refractivity contribution < 1.29 is 35.5 Å². The van der Waals surface area contributed by atoms with Crippen LogP contribution in [0.3, 0.4) is 0 Å². The van der Waals surface area contributed by atoms with Gasteiger partial charge in [0.2, 0.25) is 15.8 Å². The summed E-state index contributed by atoms with van der Waals surface area (Å²) in [6.07, 6.45) is 0.806. The quantitative estimate of drug-likeness (QED) is 0.328. The molecular weight excluding hydrogens is 381 g/mol. The summed E-state index contributed by atoms with van der Waals surface area (Å²) in [5, 5.41) is 8.64. The minimum atomic E-state index is -3.91. The van der Waals surface area contributed by atoms with E-state index in [1.807, 2.05) is 0 Å². The topological polar surface area (TPSA) is 66.4 Å². The van der Waals surface area contributed by atoms with Gasteiger partial charge in [-0.25, -0.2) is 35.1 Å². The first-order chi connectivity index (χ1) is 12.2. The average molecular weight is 395 g/mol. The van der Waals surface area contributed by atoms with Gasteiger partial charge in [0.25, 0.3) is 0 Å². The molecule has 0 aliphatic rings. The van der Waals surface area contributed by atoms with Gasteiger partial charge < -0.3 is 5.11 Å². The normalized spacial score (nSPS) is 11.8. The van der Waals surface area contributed by atoms with Crippen molar-refractivity contribution in [3.63, 3.8) is 0 Å². The van der Waals surface area contributed by atoms with Gasteiger partial charge in [-0.3, -0.25) is 0 Å². The second kappa shape index (κ2) is 8.11. The number of halogens is 5. The Balaban J connectivity index is 2.34. The molecule has 0 amide bonds. The molecule has 0 aliphatic heterocycles. The maximum absolute atomic E-state index is 13.8. The number of aliphatic hydroxyl groups excluding tert-OH is 1. The van der Waals surface area contributed by atoms with E-state index in [1.54, 1.807) is 0 Å². The van der Waals surface area contributed by atoms with Gasteiger partial charge in [-0.05, 0) is 30.5 Å². The lowest BCUT2D eigenvalue weighted by Crippen LogP contribution is -2.24. The number of nitrogens with one attached hydrogen (secondary N) is 1. The van der Waals surface area contributed by atoms with Crippen molar-refractivity contribution in [1.82, 2.24) is 4.72 Å². The zero-order chi connectivity index (χ0) is 19.5. The van der Waals surface area contributed by atoms with Gasteiger partial charge in [-0.15, -0.1) is 0 Å². The molecule has 10 heteroatoms. The number of sulfonamides is 1. The molecule has 0 saturated heterocycles. The molecule has 2 aromatic rings. The minimum Gasteiger partial charge on any atom is -0.396 e. The summed E-state index contributed by atoms with van der Waals surface area (Å²) in [6.45, 7) is -0.0133. The van der Waals surface area contributed by atoms with Crippen LogP contribution in [-0.2, 0) is 10.0 Å². The molecule has 0 atom stereocenters. The van der Waals surface area contributed by atoms with E-state index in [1.165, 1.54) is 0 Å². The molecule has 26 heavy (non-hydrogen) atoms. The maximum atomic E-state index is 13.8. The summed E-state index contributed by atoms with van der Waals surface area (Å²) in [6, 6.07) is 3.87. The fourth-order valence-electron chi connectivity index (χ4n) is 2.19. The molecule has 0 radical (unpaired) electrons. The van der Waals surface area contributed by atoms with Crippen LogP contribution >= 0.6 is 0 Å². The van der Waals surface area contributed by atoms with E-state index in [4.69, 9.17) is 5.11 Å². The molecule has 0 aliphatic carbocycles. The summed E-state index contributed by atoms with van der Waals surface area (Å²) < 4.78 is 93.5. The van der Waals surface area contributed by atoms with Crippen molar-refractivity contribution in [2.45, 2.75) is 17.7 Å². The average Bonchev–Trinajstić information content (AvgIpc) is 2.62. The highest BCUT2D eigenvalue weighted by Crippen LogP contribution is 2.31. The van der Waals surface area contributed by atoms with Crippen molar-refractivity contribution in [3.8, 4) is 11.1 Å². The molecule has 2 aromatic carbocycles. The second-order valence-corrected chi connectivity index (χ2v) is 7.06. The summed E-state index contributed by atoms with van der Waals surface area (Å²) in [7, 11) is -3.91. The largest absolute Gasteiger partial charge is 0.396 e. The highest BCUT2D eigenvalue weighted by atomic mass is 32.2. The second-order valence-electron chi connectivity index (χ2n) is 5.30. The van der Waals surface area contributed by atoms with Crippen LogP contribution in [0, 0.1) is 29.1 Å². The lowest BCUT2D eigenvalue weighted by Gasteiger charge is -2.10. The molecule has 0 fully saturated rings. The molecule has 0 unspecified atom stereocenters. The molecular formula is C16H14F5NO3S. The Kier molecular flexibility index (Phi) is 6.32. The number of aliphatic hydroxyl groups is 1. The van der Waals surface area contributed by atoms with Crippen LogP contribution in [0.4, 0.5) is 22.0 Å². The maximum Gasteiger partial charge on any atom is 0.240 e. The SMILES string of the molecule is O=S(=O)(NCCCCO)c1ccc(-c2c(F)c(F)c(F)c(F)c2F)cc1. The van der Waals surface area contributed by atoms with Crippen molar-refractivity contribution in [2.24, 2.45) is 0 Å². The fourth-order valence-corrected chi connectivity index (χ4v) is 3.26. The molecule has 142 valence electrons. The van der Waals surface area contributed by atoms with E-state index in [9.17, 15) is 30.4 Å². The Morgan fingerprint density at radius 3 is 1.81 bits per heavy atom. The zero-order valence-electron chi connectivity index (χ0n) is 13.2. The van der Waals surface area contributed by atoms with Crippen LogP contribution in [0.25, 0.3) is 11.1 Å². The van der Waals surface area contributed by atoms with E-state index in [0.29, 0.717) is 12.8 Å². The van der Waals surface area contributed by atoms with Gasteiger partial charge in [-0.2, -0.15) is 0 Å². The van der Waals surface area contributed by atoms with Gasteiger partial charge in [0.15, 0.2) is 23.3 Å². The standard InChI is InChI=1S/C16H14F5NO3S/c17-12-11(13(18)15(20)16(21)14(12)19)9-3-5-10(6-4-9)26(24,25)22-7-1-2-8-23/h3-6,22-23H,1-2,7-8H2. The van der Waals surface area contributed by atoms with E-state index in [2.05, 4.69) is 4.72 Å². The third-order valence-corrected chi connectivity index (χ3v) is 5.02. The Bertz CT molecular complexity index is 872. The van der Waals surface area contributed by atoms with Gasteiger partial charge in [0.05, 0.1) is 10.5 Å². The first-order valence-electron chi connectivity index (χ1n) is 7.43.